The van der Waals surface area contributed by atoms with Crippen molar-refractivity contribution in [2.24, 2.45) is 0 Å². The summed E-state index contributed by atoms with van der Waals surface area (Å²) in [6, 6.07) is 13.7. The average molecular weight is 472 g/mol. The van der Waals surface area contributed by atoms with Gasteiger partial charge in [-0.15, -0.1) is 0 Å². The van der Waals surface area contributed by atoms with Gasteiger partial charge in [0, 0.05) is 62.0 Å². The van der Waals surface area contributed by atoms with E-state index in [-0.39, 0.29) is 17.6 Å². The summed E-state index contributed by atoms with van der Waals surface area (Å²) in [5.74, 6) is 1.19. The molecular weight excluding hydrogens is 445 g/mol. The van der Waals surface area contributed by atoms with E-state index in [2.05, 4.69) is 15.0 Å². The number of benzene rings is 2. The molecule has 8 heteroatoms. The Morgan fingerprint density at radius 3 is 2.77 bits per heavy atom. The SMILES string of the molecule is Cc1nccn1Cc1ccccc1C(=O)N1CCCC(c2nccnc2Oc2cccc(F)c2)C1. The third-order valence-electron chi connectivity index (χ3n) is 6.31. The number of rotatable bonds is 6. The van der Waals surface area contributed by atoms with Gasteiger partial charge in [-0.25, -0.2) is 14.4 Å². The Kier molecular flexibility index (Phi) is 6.52. The normalized spacial score (nSPS) is 15.7. The van der Waals surface area contributed by atoms with Crippen LogP contribution in [0.3, 0.4) is 0 Å². The molecule has 5 rings (SSSR count). The molecule has 0 aliphatic carbocycles. The lowest BCUT2D eigenvalue weighted by atomic mass is 9.93. The van der Waals surface area contributed by atoms with Crippen LogP contribution in [0.25, 0.3) is 0 Å². The Balaban J connectivity index is 1.36. The maximum absolute atomic E-state index is 13.6. The lowest BCUT2D eigenvalue weighted by molar-refractivity contribution is 0.0703. The third kappa shape index (κ3) is 5.06. The number of carbonyl (C=O) groups is 1. The van der Waals surface area contributed by atoms with Gasteiger partial charge in [0.2, 0.25) is 5.88 Å². The molecule has 35 heavy (non-hydrogen) atoms. The molecule has 178 valence electrons. The van der Waals surface area contributed by atoms with Crippen molar-refractivity contribution >= 4 is 5.91 Å². The van der Waals surface area contributed by atoms with E-state index in [9.17, 15) is 9.18 Å². The minimum absolute atomic E-state index is 0.000410. The maximum atomic E-state index is 13.6. The Bertz CT molecular complexity index is 1340. The zero-order valence-corrected chi connectivity index (χ0v) is 19.5. The van der Waals surface area contributed by atoms with Gasteiger partial charge in [-0.05, 0) is 43.5 Å². The van der Waals surface area contributed by atoms with E-state index >= 15 is 0 Å². The van der Waals surface area contributed by atoms with Crippen LogP contribution in [0.5, 0.6) is 11.6 Å². The summed E-state index contributed by atoms with van der Waals surface area (Å²) in [6.45, 7) is 3.72. The Hall–Kier alpha value is -4.07. The second-order valence-corrected chi connectivity index (χ2v) is 8.66. The van der Waals surface area contributed by atoms with Crippen molar-refractivity contribution < 1.29 is 13.9 Å². The standard InChI is InChI=1S/C27H26FN5O2/c1-19-29-13-15-32(19)17-20-6-2-3-10-24(20)27(34)33-14-5-7-21(18-33)25-26(31-12-11-30-25)35-23-9-4-8-22(28)16-23/h2-4,6,8-13,15-16,21H,5,7,14,17-18H2,1H3. The van der Waals surface area contributed by atoms with Crippen LogP contribution in [0.2, 0.25) is 0 Å². The highest BCUT2D eigenvalue weighted by Crippen LogP contribution is 2.33. The molecule has 0 radical (unpaired) electrons. The number of imidazole rings is 1. The smallest absolute Gasteiger partial charge is 0.254 e. The largest absolute Gasteiger partial charge is 0.437 e. The average Bonchev–Trinajstić information content (AvgIpc) is 3.28. The highest BCUT2D eigenvalue weighted by Gasteiger charge is 2.29. The van der Waals surface area contributed by atoms with Crippen LogP contribution >= 0.6 is 0 Å². The summed E-state index contributed by atoms with van der Waals surface area (Å²) in [4.78, 5) is 28.7. The summed E-state index contributed by atoms with van der Waals surface area (Å²) in [7, 11) is 0. The fourth-order valence-electron chi connectivity index (χ4n) is 4.51. The number of halogens is 1. The van der Waals surface area contributed by atoms with Crippen molar-refractivity contribution in [3.05, 3.63) is 102 Å². The van der Waals surface area contributed by atoms with E-state index in [0.29, 0.717) is 42.5 Å². The van der Waals surface area contributed by atoms with Gasteiger partial charge in [0.05, 0.1) is 0 Å². The van der Waals surface area contributed by atoms with Gasteiger partial charge in [0.25, 0.3) is 5.91 Å². The number of likely N-dealkylation sites (tertiary alicyclic amines) is 1. The van der Waals surface area contributed by atoms with Gasteiger partial charge in [-0.1, -0.05) is 24.3 Å². The predicted octanol–water partition coefficient (Wildman–Crippen LogP) is 4.98. The van der Waals surface area contributed by atoms with E-state index in [0.717, 1.165) is 24.2 Å². The minimum Gasteiger partial charge on any atom is -0.437 e. The molecule has 1 saturated heterocycles. The van der Waals surface area contributed by atoms with Crippen molar-refractivity contribution in [2.75, 3.05) is 13.1 Å². The van der Waals surface area contributed by atoms with Gasteiger partial charge in [-0.2, -0.15) is 0 Å². The molecule has 1 aliphatic rings. The van der Waals surface area contributed by atoms with E-state index < -0.39 is 0 Å². The van der Waals surface area contributed by atoms with Crippen LogP contribution in [-0.2, 0) is 6.54 Å². The summed E-state index contributed by atoms with van der Waals surface area (Å²) in [6.07, 6.45) is 8.56. The van der Waals surface area contributed by atoms with Gasteiger partial charge in [-0.3, -0.25) is 9.78 Å². The number of piperidine rings is 1. The van der Waals surface area contributed by atoms with Crippen LogP contribution < -0.4 is 4.74 Å². The second kappa shape index (κ2) is 10.0. The van der Waals surface area contributed by atoms with E-state index in [1.165, 1.54) is 12.1 Å². The number of hydrogen-bond donors (Lipinski definition) is 0. The lowest BCUT2D eigenvalue weighted by Crippen LogP contribution is -2.39. The fraction of sp³-hybridized carbons (Fsp3) is 0.259. The zero-order valence-electron chi connectivity index (χ0n) is 19.5. The van der Waals surface area contributed by atoms with Crippen LogP contribution in [0, 0.1) is 12.7 Å². The summed E-state index contributed by atoms with van der Waals surface area (Å²) >= 11 is 0. The van der Waals surface area contributed by atoms with E-state index in [4.69, 9.17) is 4.74 Å². The summed E-state index contributed by atoms with van der Waals surface area (Å²) in [5.41, 5.74) is 2.32. The molecule has 0 saturated carbocycles. The van der Waals surface area contributed by atoms with Crippen molar-refractivity contribution in [1.82, 2.24) is 24.4 Å². The highest BCUT2D eigenvalue weighted by atomic mass is 19.1. The van der Waals surface area contributed by atoms with Gasteiger partial charge >= 0.3 is 0 Å². The molecule has 3 heterocycles. The molecule has 0 N–H and O–H groups in total. The van der Waals surface area contributed by atoms with Crippen molar-refractivity contribution in [2.45, 2.75) is 32.2 Å². The number of aromatic nitrogens is 4. The van der Waals surface area contributed by atoms with Gasteiger partial charge in [0.1, 0.15) is 23.1 Å². The highest BCUT2D eigenvalue weighted by molar-refractivity contribution is 5.95. The molecule has 0 spiro atoms. The summed E-state index contributed by atoms with van der Waals surface area (Å²) in [5, 5.41) is 0. The second-order valence-electron chi connectivity index (χ2n) is 8.66. The monoisotopic (exact) mass is 471 g/mol. The topological polar surface area (TPSA) is 73.1 Å². The van der Waals surface area contributed by atoms with Crippen molar-refractivity contribution in [3.8, 4) is 11.6 Å². The molecule has 1 amide bonds. The number of nitrogens with zero attached hydrogens (tertiary/aromatic N) is 5. The lowest BCUT2D eigenvalue weighted by Gasteiger charge is -2.33. The molecule has 0 bridgehead atoms. The molecule has 4 aromatic rings. The quantitative estimate of drug-likeness (QED) is 0.397. The molecule has 7 nitrogen and oxygen atoms in total. The number of ether oxygens (including phenoxy) is 1. The molecule has 2 aromatic carbocycles. The third-order valence-corrected chi connectivity index (χ3v) is 6.31. The van der Waals surface area contributed by atoms with Crippen LogP contribution in [0.15, 0.2) is 73.3 Å². The molecule has 2 aromatic heterocycles. The maximum Gasteiger partial charge on any atom is 0.254 e. The Morgan fingerprint density at radius 1 is 1.09 bits per heavy atom. The number of hydrogen-bond acceptors (Lipinski definition) is 5. The van der Waals surface area contributed by atoms with Crippen LogP contribution in [0.4, 0.5) is 4.39 Å². The van der Waals surface area contributed by atoms with E-state index in [1.54, 1.807) is 30.7 Å². The number of carbonyl (C=O) groups excluding carboxylic acids is 1. The fourth-order valence-corrected chi connectivity index (χ4v) is 4.51. The van der Waals surface area contributed by atoms with Crippen LogP contribution in [0.1, 0.15) is 46.2 Å². The first-order chi connectivity index (χ1) is 17.1. The van der Waals surface area contributed by atoms with Crippen molar-refractivity contribution in [3.63, 3.8) is 0 Å². The van der Waals surface area contributed by atoms with Crippen molar-refractivity contribution in [1.29, 1.82) is 0 Å². The zero-order chi connectivity index (χ0) is 24.2. The van der Waals surface area contributed by atoms with Gasteiger partial charge < -0.3 is 14.2 Å². The minimum atomic E-state index is -0.382. The van der Waals surface area contributed by atoms with E-state index in [1.807, 2.05) is 46.9 Å². The first-order valence-corrected chi connectivity index (χ1v) is 11.7. The predicted molar refractivity (Wildman–Crippen MR) is 129 cm³/mol. The number of amides is 1. The summed E-state index contributed by atoms with van der Waals surface area (Å²) < 4.78 is 21.6. The molecular formula is C27H26FN5O2. The van der Waals surface area contributed by atoms with Crippen LogP contribution in [-0.4, -0.2) is 43.4 Å². The Morgan fingerprint density at radius 2 is 1.94 bits per heavy atom. The molecule has 1 atom stereocenters. The number of aryl methyl sites for hydroxylation is 1. The molecule has 1 aliphatic heterocycles. The van der Waals surface area contributed by atoms with Gasteiger partial charge in [0.15, 0.2) is 0 Å². The Labute approximate surface area is 203 Å². The molecule has 1 fully saturated rings. The molecule has 1 unspecified atom stereocenters. The first kappa shape index (κ1) is 22.7. The first-order valence-electron chi connectivity index (χ1n) is 11.7.